The largest absolute Gasteiger partial charge is 0.376 e. The number of likely N-dealkylation sites (tertiary alicyclic amines) is 2. The third-order valence-corrected chi connectivity index (χ3v) is 6.34. The number of aliphatic imine (C=N–C) groups is 1. The van der Waals surface area contributed by atoms with Gasteiger partial charge >= 0.3 is 0 Å². The maximum Gasteiger partial charge on any atom is 0.191 e. The van der Waals surface area contributed by atoms with E-state index in [0.29, 0.717) is 6.10 Å². The average molecular weight is 366 g/mol. The van der Waals surface area contributed by atoms with Crippen LogP contribution in [0.15, 0.2) is 4.99 Å². The quantitative estimate of drug-likeness (QED) is 0.554. The Morgan fingerprint density at radius 2 is 1.85 bits per heavy atom. The Hall–Kier alpha value is -0.850. The molecule has 0 aliphatic carbocycles. The van der Waals surface area contributed by atoms with Gasteiger partial charge in [-0.25, -0.2) is 0 Å². The Balaban J connectivity index is 1.63. The fraction of sp³-hybridized carbons (Fsp3) is 0.950. The summed E-state index contributed by atoms with van der Waals surface area (Å²) in [5.41, 5.74) is 0.249. The van der Waals surface area contributed by atoms with E-state index in [1.807, 2.05) is 0 Å². The molecule has 6 nitrogen and oxygen atoms in total. The molecule has 3 saturated heterocycles. The third-order valence-electron chi connectivity index (χ3n) is 6.34. The van der Waals surface area contributed by atoms with Gasteiger partial charge in [0, 0.05) is 25.2 Å². The highest BCUT2D eigenvalue weighted by molar-refractivity contribution is 5.79. The van der Waals surface area contributed by atoms with Crippen molar-refractivity contribution in [1.82, 2.24) is 20.4 Å². The van der Waals surface area contributed by atoms with Gasteiger partial charge in [-0.15, -0.1) is 0 Å². The second-order valence-corrected chi connectivity index (χ2v) is 8.29. The van der Waals surface area contributed by atoms with Crippen LogP contribution in [0.5, 0.6) is 0 Å². The highest BCUT2D eigenvalue weighted by Crippen LogP contribution is 2.31. The van der Waals surface area contributed by atoms with Crippen LogP contribution in [0.3, 0.4) is 0 Å². The summed E-state index contributed by atoms with van der Waals surface area (Å²) in [6.07, 6.45) is 9.25. The van der Waals surface area contributed by atoms with Crippen molar-refractivity contribution in [3.05, 3.63) is 0 Å². The molecule has 150 valence electrons. The Morgan fingerprint density at radius 1 is 1.08 bits per heavy atom. The second-order valence-electron chi connectivity index (χ2n) is 8.29. The lowest BCUT2D eigenvalue weighted by Crippen LogP contribution is -2.58. The van der Waals surface area contributed by atoms with E-state index in [1.54, 1.807) is 0 Å². The molecule has 3 heterocycles. The molecule has 0 bridgehead atoms. The number of piperidine rings is 2. The van der Waals surface area contributed by atoms with Gasteiger partial charge in [0.15, 0.2) is 5.96 Å². The van der Waals surface area contributed by atoms with Gasteiger partial charge in [0.05, 0.1) is 12.6 Å². The van der Waals surface area contributed by atoms with Crippen LogP contribution in [0.25, 0.3) is 0 Å². The van der Waals surface area contributed by atoms with Gasteiger partial charge in [0.1, 0.15) is 0 Å². The predicted molar refractivity (Wildman–Crippen MR) is 108 cm³/mol. The molecule has 2 N–H and O–H groups in total. The van der Waals surface area contributed by atoms with Gasteiger partial charge in [-0.3, -0.25) is 9.89 Å². The minimum atomic E-state index is 0.249. The maximum atomic E-state index is 5.74. The first-order valence-electron chi connectivity index (χ1n) is 10.8. The molecule has 3 rings (SSSR count). The highest BCUT2D eigenvalue weighted by Gasteiger charge is 2.39. The molecule has 1 unspecified atom stereocenters. The van der Waals surface area contributed by atoms with Crippen molar-refractivity contribution in [2.24, 2.45) is 4.99 Å². The number of rotatable bonds is 6. The van der Waals surface area contributed by atoms with Crippen LogP contribution in [0.4, 0.5) is 0 Å². The van der Waals surface area contributed by atoms with Crippen LogP contribution in [0, 0.1) is 0 Å². The van der Waals surface area contributed by atoms with Gasteiger partial charge < -0.3 is 20.3 Å². The molecule has 0 aromatic carbocycles. The molecule has 0 amide bonds. The van der Waals surface area contributed by atoms with Crippen molar-refractivity contribution in [3.8, 4) is 0 Å². The van der Waals surface area contributed by atoms with Crippen LogP contribution >= 0.6 is 0 Å². The summed E-state index contributed by atoms with van der Waals surface area (Å²) in [5, 5.41) is 6.95. The predicted octanol–water partition coefficient (Wildman–Crippen LogP) is 1.67. The number of hydrogen-bond acceptors (Lipinski definition) is 4. The van der Waals surface area contributed by atoms with Crippen LogP contribution in [0.2, 0.25) is 0 Å². The van der Waals surface area contributed by atoms with E-state index >= 15 is 0 Å². The summed E-state index contributed by atoms with van der Waals surface area (Å²) in [4.78, 5) is 10.3. The molecule has 0 aromatic heterocycles. The van der Waals surface area contributed by atoms with Crippen LogP contribution < -0.4 is 10.6 Å². The Kier molecular flexibility index (Phi) is 7.58. The number of hydrogen-bond donors (Lipinski definition) is 2. The summed E-state index contributed by atoms with van der Waals surface area (Å²) < 4.78 is 5.74. The van der Waals surface area contributed by atoms with Crippen molar-refractivity contribution in [2.75, 3.05) is 59.5 Å². The normalized spacial score (nSPS) is 28.2. The van der Waals surface area contributed by atoms with Gasteiger partial charge in [-0.2, -0.15) is 0 Å². The van der Waals surface area contributed by atoms with E-state index in [2.05, 4.69) is 34.4 Å². The second kappa shape index (κ2) is 9.90. The summed E-state index contributed by atoms with van der Waals surface area (Å²) in [6, 6.07) is 0. The fourth-order valence-electron chi connectivity index (χ4n) is 4.56. The molecular formula is C20H39N5O. The summed E-state index contributed by atoms with van der Waals surface area (Å²) >= 11 is 0. The number of guanidine groups is 1. The van der Waals surface area contributed by atoms with Crippen molar-refractivity contribution in [2.45, 2.75) is 63.5 Å². The Morgan fingerprint density at radius 3 is 2.50 bits per heavy atom. The lowest BCUT2D eigenvalue weighted by molar-refractivity contribution is 0.0208. The topological polar surface area (TPSA) is 52.1 Å². The van der Waals surface area contributed by atoms with Gasteiger partial charge in [-0.05, 0) is 78.7 Å². The fourth-order valence-corrected chi connectivity index (χ4v) is 4.56. The van der Waals surface area contributed by atoms with Crippen molar-refractivity contribution < 1.29 is 4.74 Å². The molecule has 0 spiro atoms. The monoisotopic (exact) mass is 365 g/mol. The zero-order valence-corrected chi connectivity index (χ0v) is 16.9. The van der Waals surface area contributed by atoms with Crippen molar-refractivity contribution in [1.29, 1.82) is 0 Å². The molecule has 3 aliphatic rings. The molecule has 6 heteroatoms. The van der Waals surface area contributed by atoms with E-state index in [9.17, 15) is 0 Å². The maximum absolute atomic E-state index is 5.74. The smallest absolute Gasteiger partial charge is 0.191 e. The highest BCUT2D eigenvalue weighted by atomic mass is 16.5. The lowest BCUT2D eigenvalue weighted by Gasteiger charge is -2.49. The zero-order valence-electron chi connectivity index (χ0n) is 16.9. The van der Waals surface area contributed by atoms with Gasteiger partial charge in [-0.1, -0.05) is 6.42 Å². The molecule has 0 aromatic rings. The Bertz CT molecular complexity index is 435. The van der Waals surface area contributed by atoms with Crippen LogP contribution in [0.1, 0.15) is 51.9 Å². The van der Waals surface area contributed by atoms with Crippen LogP contribution in [-0.4, -0.2) is 86.9 Å². The third kappa shape index (κ3) is 5.33. The molecule has 0 saturated carbocycles. The van der Waals surface area contributed by atoms with E-state index in [-0.39, 0.29) is 5.54 Å². The summed E-state index contributed by atoms with van der Waals surface area (Å²) in [5.74, 6) is 0.957. The molecule has 1 atom stereocenters. The molecule has 3 aliphatic heterocycles. The molecular weight excluding hydrogens is 326 g/mol. The Labute approximate surface area is 159 Å². The van der Waals surface area contributed by atoms with Gasteiger partial charge in [0.25, 0.3) is 0 Å². The SMILES string of the molecule is CCNC(=NCC1(N2CCCCC2)CCN(C)CC1)NCC1CCCO1. The van der Waals surface area contributed by atoms with E-state index in [0.717, 1.165) is 38.6 Å². The summed E-state index contributed by atoms with van der Waals surface area (Å²) in [7, 11) is 2.25. The molecule has 26 heavy (non-hydrogen) atoms. The number of ether oxygens (including phenoxy) is 1. The standard InChI is InChI=1S/C20H39N5O/c1-3-21-19(22-16-18-8-7-15-26-18)23-17-20(9-13-24(2)14-10-20)25-11-5-4-6-12-25/h18H,3-17H2,1-2H3,(H2,21,22,23). The van der Waals surface area contributed by atoms with Crippen molar-refractivity contribution in [3.63, 3.8) is 0 Å². The zero-order chi connectivity index (χ0) is 18.2. The van der Waals surface area contributed by atoms with E-state index in [4.69, 9.17) is 9.73 Å². The minimum absolute atomic E-state index is 0.249. The number of nitrogens with zero attached hydrogens (tertiary/aromatic N) is 3. The lowest BCUT2D eigenvalue weighted by atomic mass is 9.84. The first kappa shape index (κ1) is 19.9. The first-order chi connectivity index (χ1) is 12.7. The number of nitrogens with one attached hydrogen (secondary N) is 2. The molecule has 0 radical (unpaired) electrons. The molecule has 3 fully saturated rings. The van der Waals surface area contributed by atoms with E-state index in [1.165, 1.54) is 64.7 Å². The van der Waals surface area contributed by atoms with Crippen molar-refractivity contribution >= 4 is 5.96 Å². The first-order valence-corrected chi connectivity index (χ1v) is 10.8. The average Bonchev–Trinajstić information content (AvgIpc) is 3.20. The van der Waals surface area contributed by atoms with Crippen LogP contribution in [-0.2, 0) is 4.74 Å². The summed E-state index contributed by atoms with van der Waals surface area (Å²) in [6.45, 7) is 10.6. The van der Waals surface area contributed by atoms with E-state index < -0.39 is 0 Å². The minimum Gasteiger partial charge on any atom is -0.376 e. The van der Waals surface area contributed by atoms with Gasteiger partial charge in [0.2, 0.25) is 0 Å².